The van der Waals surface area contributed by atoms with E-state index in [1.807, 2.05) is 41.0 Å². The van der Waals surface area contributed by atoms with Gasteiger partial charge in [-0.2, -0.15) is 0 Å². The first-order chi connectivity index (χ1) is 13.2. The second kappa shape index (κ2) is 7.85. The van der Waals surface area contributed by atoms with E-state index in [0.29, 0.717) is 11.0 Å². The Morgan fingerprint density at radius 3 is 2.93 bits per heavy atom. The lowest BCUT2D eigenvalue weighted by Gasteiger charge is -2.08. The summed E-state index contributed by atoms with van der Waals surface area (Å²) in [6.45, 7) is 2.18. The van der Waals surface area contributed by atoms with Gasteiger partial charge >= 0.3 is 0 Å². The van der Waals surface area contributed by atoms with Crippen molar-refractivity contribution in [2.24, 2.45) is 0 Å². The van der Waals surface area contributed by atoms with Crippen LogP contribution in [0.2, 0.25) is 0 Å². The molecule has 0 aliphatic heterocycles. The minimum absolute atomic E-state index is 0.126. The van der Waals surface area contributed by atoms with E-state index >= 15 is 0 Å². The quantitative estimate of drug-likeness (QED) is 0.395. The summed E-state index contributed by atoms with van der Waals surface area (Å²) in [7, 11) is 0. The summed E-state index contributed by atoms with van der Waals surface area (Å²) in [5.74, 6) is 1.45. The van der Waals surface area contributed by atoms with E-state index in [1.165, 1.54) is 11.3 Å². The van der Waals surface area contributed by atoms with Crippen molar-refractivity contribution in [3.05, 3.63) is 48.8 Å². The number of hydrogen-bond donors (Lipinski definition) is 1. The number of nitrogens with one attached hydrogen (secondary N) is 1. The van der Waals surface area contributed by atoms with Crippen molar-refractivity contribution in [3.8, 4) is 11.4 Å². The van der Waals surface area contributed by atoms with Crippen LogP contribution in [0.4, 0.5) is 5.13 Å². The van der Waals surface area contributed by atoms with Gasteiger partial charge in [0.2, 0.25) is 11.0 Å². The normalized spacial score (nSPS) is 11.0. The number of aromatic nitrogens is 5. The van der Waals surface area contributed by atoms with Crippen LogP contribution >= 0.6 is 23.1 Å². The first kappa shape index (κ1) is 17.6. The molecule has 0 saturated carbocycles. The van der Waals surface area contributed by atoms with Gasteiger partial charge in [0, 0.05) is 18.0 Å². The van der Waals surface area contributed by atoms with Crippen LogP contribution < -0.4 is 5.32 Å². The molecule has 0 fully saturated rings. The zero-order valence-electron chi connectivity index (χ0n) is 14.5. The fourth-order valence-corrected chi connectivity index (χ4v) is 4.36. The SMILES string of the molecule is CCSc1nnc(NC(=O)Cn2c(-c3cccnc3)nc3ccccc32)s1. The summed E-state index contributed by atoms with van der Waals surface area (Å²) in [4.78, 5) is 21.5. The molecule has 0 bridgehead atoms. The van der Waals surface area contributed by atoms with E-state index in [1.54, 1.807) is 24.2 Å². The van der Waals surface area contributed by atoms with Crippen LogP contribution in [0.3, 0.4) is 0 Å². The standard InChI is InChI=1S/C18H16N6OS2/c1-2-26-18-23-22-17(27-18)21-15(25)11-24-14-8-4-3-7-13(14)20-16(24)12-6-5-9-19-10-12/h3-10H,2,11H2,1H3,(H,21,22,25). The molecule has 9 heteroatoms. The highest BCUT2D eigenvalue weighted by atomic mass is 32.2. The highest BCUT2D eigenvalue weighted by Crippen LogP contribution is 2.26. The number of anilines is 1. The summed E-state index contributed by atoms with van der Waals surface area (Å²) >= 11 is 2.98. The van der Waals surface area contributed by atoms with Crippen LogP contribution in [0.25, 0.3) is 22.4 Å². The molecule has 0 spiro atoms. The number of fused-ring (bicyclic) bond motifs is 1. The van der Waals surface area contributed by atoms with Gasteiger partial charge in [0.15, 0.2) is 4.34 Å². The molecule has 3 heterocycles. The highest BCUT2D eigenvalue weighted by molar-refractivity contribution is 8.01. The lowest BCUT2D eigenvalue weighted by Crippen LogP contribution is -2.19. The van der Waals surface area contributed by atoms with E-state index in [4.69, 9.17) is 0 Å². The largest absolute Gasteiger partial charge is 0.314 e. The number of benzene rings is 1. The van der Waals surface area contributed by atoms with E-state index in [-0.39, 0.29) is 12.5 Å². The molecule has 0 saturated heterocycles. The summed E-state index contributed by atoms with van der Waals surface area (Å²) in [6, 6.07) is 11.5. The molecule has 4 rings (SSSR count). The summed E-state index contributed by atoms with van der Waals surface area (Å²) in [5, 5.41) is 11.4. The average molecular weight is 397 g/mol. The van der Waals surface area contributed by atoms with Gasteiger partial charge in [-0.05, 0) is 30.0 Å². The maximum atomic E-state index is 12.6. The molecule has 7 nitrogen and oxygen atoms in total. The van der Waals surface area contributed by atoms with Gasteiger partial charge in [-0.3, -0.25) is 15.1 Å². The van der Waals surface area contributed by atoms with Gasteiger partial charge in [-0.25, -0.2) is 4.98 Å². The third kappa shape index (κ3) is 3.83. The molecule has 1 N–H and O–H groups in total. The maximum Gasteiger partial charge on any atom is 0.246 e. The number of imidazole rings is 1. The molecule has 1 amide bonds. The zero-order valence-corrected chi connectivity index (χ0v) is 16.1. The predicted molar refractivity (Wildman–Crippen MR) is 108 cm³/mol. The lowest BCUT2D eigenvalue weighted by atomic mass is 10.2. The third-order valence-corrected chi connectivity index (χ3v) is 5.65. The van der Waals surface area contributed by atoms with Crippen molar-refractivity contribution in [2.75, 3.05) is 11.1 Å². The Morgan fingerprint density at radius 2 is 2.11 bits per heavy atom. The number of rotatable bonds is 6. The monoisotopic (exact) mass is 396 g/mol. The fraction of sp³-hybridized carbons (Fsp3) is 0.167. The number of hydrogen-bond acceptors (Lipinski definition) is 7. The number of para-hydroxylation sites is 2. The van der Waals surface area contributed by atoms with Crippen LogP contribution in [0.5, 0.6) is 0 Å². The Hall–Kier alpha value is -2.78. The molecule has 0 aliphatic rings. The number of thioether (sulfide) groups is 1. The van der Waals surface area contributed by atoms with Crippen LogP contribution in [0.15, 0.2) is 53.1 Å². The third-order valence-electron chi connectivity index (χ3n) is 3.80. The number of carbonyl (C=O) groups is 1. The summed E-state index contributed by atoms with van der Waals surface area (Å²) in [6.07, 6.45) is 3.46. The van der Waals surface area contributed by atoms with Crippen LogP contribution in [0, 0.1) is 0 Å². The first-order valence-corrected chi connectivity index (χ1v) is 10.2. The van der Waals surface area contributed by atoms with E-state index in [2.05, 4.69) is 32.4 Å². The summed E-state index contributed by atoms with van der Waals surface area (Å²) < 4.78 is 2.74. The molecule has 136 valence electrons. The maximum absolute atomic E-state index is 12.6. The summed E-state index contributed by atoms with van der Waals surface area (Å²) in [5.41, 5.74) is 2.59. The lowest BCUT2D eigenvalue weighted by molar-refractivity contribution is -0.116. The molecule has 1 aromatic carbocycles. The Morgan fingerprint density at radius 1 is 1.22 bits per heavy atom. The smallest absolute Gasteiger partial charge is 0.246 e. The Labute approximate surface area is 163 Å². The number of pyridine rings is 1. The molecule has 4 aromatic rings. The molecule has 3 aromatic heterocycles. The van der Waals surface area contributed by atoms with Crippen molar-refractivity contribution >= 4 is 45.2 Å². The zero-order chi connectivity index (χ0) is 18.6. The van der Waals surface area contributed by atoms with Gasteiger partial charge in [-0.15, -0.1) is 10.2 Å². The number of carbonyl (C=O) groups excluding carboxylic acids is 1. The average Bonchev–Trinajstić information content (AvgIpc) is 3.27. The first-order valence-electron chi connectivity index (χ1n) is 8.36. The molecule has 0 radical (unpaired) electrons. The highest BCUT2D eigenvalue weighted by Gasteiger charge is 2.16. The van der Waals surface area contributed by atoms with Crippen LogP contribution in [0.1, 0.15) is 6.92 Å². The van der Waals surface area contributed by atoms with E-state index in [9.17, 15) is 4.79 Å². The van der Waals surface area contributed by atoms with Crippen molar-refractivity contribution in [3.63, 3.8) is 0 Å². The second-order valence-electron chi connectivity index (χ2n) is 5.61. The Bertz CT molecular complexity index is 1080. The van der Waals surface area contributed by atoms with Crippen molar-refractivity contribution in [1.29, 1.82) is 0 Å². The number of nitrogens with zero attached hydrogens (tertiary/aromatic N) is 5. The van der Waals surface area contributed by atoms with Gasteiger partial charge < -0.3 is 4.57 Å². The van der Waals surface area contributed by atoms with Crippen molar-refractivity contribution in [2.45, 2.75) is 17.8 Å². The molecule has 0 atom stereocenters. The topological polar surface area (TPSA) is 85.6 Å². The molecular formula is C18H16N6OS2. The van der Waals surface area contributed by atoms with Gasteiger partial charge in [0.25, 0.3) is 0 Å². The minimum Gasteiger partial charge on any atom is -0.314 e. The van der Waals surface area contributed by atoms with Crippen molar-refractivity contribution in [1.82, 2.24) is 24.7 Å². The van der Waals surface area contributed by atoms with Gasteiger partial charge in [-0.1, -0.05) is 42.2 Å². The van der Waals surface area contributed by atoms with Gasteiger partial charge in [0.05, 0.1) is 11.0 Å². The van der Waals surface area contributed by atoms with E-state index < -0.39 is 0 Å². The molecular weight excluding hydrogens is 380 g/mol. The van der Waals surface area contributed by atoms with Crippen molar-refractivity contribution < 1.29 is 4.79 Å². The van der Waals surface area contributed by atoms with Crippen LogP contribution in [-0.4, -0.2) is 36.4 Å². The van der Waals surface area contributed by atoms with Gasteiger partial charge in [0.1, 0.15) is 12.4 Å². The Kier molecular flexibility index (Phi) is 5.12. The van der Waals surface area contributed by atoms with E-state index in [0.717, 1.165) is 26.7 Å². The second-order valence-corrected chi connectivity index (χ2v) is 8.09. The Balaban J connectivity index is 1.63. The van der Waals surface area contributed by atoms with Crippen LogP contribution in [-0.2, 0) is 11.3 Å². The molecule has 0 aliphatic carbocycles. The molecule has 27 heavy (non-hydrogen) atoms. The number of amides is 1. The molecule has 0 unspecified atom stereocenters. The fourth-order valence-electron chi connectivity index (χ4n) is 2.70. The minimum atomic E-state index is -0.174. The predicted octanol–water partition coefficient (Wildman–Crippen LogP) is 3.70.